The van der Waals surface area contributed by atoms with Gasteiger partial charge in [-0.2, -0.15) is 0 Å². The van der Waals surface area contributed by atoms with Gasteiger partial charge in [-0.25, -0.2) is 0 Å². The summed E-state index contributed by atoms with van der Waals surface area (Å²) in [5.41, 5.74) is 4.19. The number of carbonyl (C=O) groups is 1. The third-order valence-electron chi connectivity index (χ3n) is 4.94. The van der Waals surface area contributed by atoms with Crippen molar-refractivity contribution in [2.24, 2.45) is 0 Å². The van der Waals surface area contributed by atoms with Crippen LogP contribution in [0.4, 0.5) is 11.4 Å². The minimum Gasteiger partial charge on any atom is -0.464 e. The molecular formula is C22H22N2O2. The number of rotatable bonds is 3. The lowest BCUT2D eigenvalue weighted by molar-refractivity contribution is -0.117. The molecule has 2 unspecified atom stereocenters. The van der Waals surface area contributed by atoms with Crippen molar-refractivity contribution in [1.29, 1.82) is 0 Å². The zero-order valence-corrected chi connectivity index (χ0v) is 15.0. The summed E-state index contributed by atoms with van der Waals surface area (Å²) in [5, 5.41) is 3.63. The molecule has 0 spiro atoms. The van der Waals surface area contributed by atoms with E-state index in [2.05, 4.69) is 30.4 Å². The molecule has 2 atom stereocenters. The van der Waals surface area contributed by atoms with Crippen molar-refractivity contribution >= 4 is 17.3 Å². The molecule has 1 aliphatic heterocycles. The number of carbonyl (C=O) groups excluding carboxylic acids is 1. The Morgan fingerprint density at radius 3 is 2.62 bits per heavy atom. The second-order valence-electron chi connectivity index (χ2n) is 6.79. The molecule has 4 rings (SSSR count). The van der Waals surface area contributed by atoms with Crippen molar-refractivity contribution in [2.75, 3.05) is 10.2 Å². The van der Waals surface area contributed by atoms with Crippen LogP contribution in [0.15, 0.2) is 71.3 Å². The molecule has 1 aliphatic rings. The van der Waals surface area contributed by atoms with Gasteiger partial charge in [-0.1, -0.05) is 18.2 Å². The van der Waals surface area contributed by atoms with Crippen LogP contribution in [0.2, 0.25) is 0 Å². The smallest absolute Gasteiger partial charge is 0.224 e. The van der Waals surface area contributed by atoms with E-state index in [0.717, 1.165) is 34.7 Å². The summed E-state index contributed by atoms with van der Waals surface area (Å²) in [5.74, 6) is 0.905. The van der Waals surface area contributed by atoms with Crippen LogP contribution >= 0.6 is 0 Å². The van der Waals surface area contributed by atoms with Gasteiger partial charge in [-0.3, -0.25) is 4.79 Å². The van der Waals surface area contributed by atoms with Crippen molar-refractivity contribution in [3.63, 3.8) is 0 Å². The monoisotopic (exact) mass is 346 g/mol. The van der Waals surface area contributed by atoms with E-state index >= 15 is 0 Å². The summed E-state index contributed by atoms with van der Waals surface area (Å²) in [4.78, 5) is 14.1. The Morgan fingerprint density at radius 1 is 1.12 bits per heavy atom. The van der Waals surface area contributed by atoms with Crippen LogP contribution in [-0.4, -0.2) is 11.9 Å². The van der Waals surface area contributed by atoms with Gasteiger partial charge in [0.25, 0.3) is 0 Å². The molecule has 1 N–H and O–H groups in total. The summed E-state index contributed by atoms with van der Waals surface area (Å²) >= 11 is 0. The molecule has 0 aliphatic carbocycles. The van der Waals surface area contributed by atoms with Gasteiger partial charge < -0.3 is 14.6 Å². The van der Waals surface area contributed by atoms with E-state index in [1.807, 2.05) is 47.4 Å². The quantitative estimate of drug-likeness (QED) is 0.705. The lowest BCUT2D eigenvalue weighted by atomic mass is 9.89. The number of hydrogen-bond donors (Lipinski definition) is 1. The number of amides is 1. The summed E-state index contributed by atoms with van der Waals surface area (Å²) in [6, 6.07) is 20.5. The summed E-state index contributed by atoms with van der Waals surface area (Å²) in [6.45, 7) is 3.73. The number of fused-ring (bicyclic) bond motifs is 1. The SMILES string of the molecule is CC(=O)N1c2ccc(-c3ccco3)cc2C(Nc2ccccc2)CC1C. The molecule has 2 heterocycles. The molecule has 1 amide bonds. The molecule has 1 aromatic heterocycles. The molecule has 4 nitrogen and oxygen atoms in total. The van der Waals surface area contributed by atoms with Gasteiger partial charge in [0.2, 0.25) is 5.91 Å². The van der Waals surface area contributed by atoms with Gasteiger partial charge >= 0.3 is 0 Å². The normalized spacial score (nSPS) is 19.1. The topological polar surface area (TPSA) is 45.5 Å². The second kappa shape index (κ2) is 6.71. The highest BCUT2D eigenvalue weighted by atomic mass is 16.3. The van der Waals surface area contributed by atoms with Crippen molar-refractivity contribution in [2.45, 2.75) is 32.4 Å². The predicted molar refractivity (Wildman–Crippen MR) is 104 cm³/mol. The van der Waals surface area contributed by atoms with Gasteiger partial charge in [0, 0.05) is 29.9 Å². The molecular weight excluding hydrogens is 324 g/mol. The van der Waals surface area contributed by atoms with Crippen molar-refractivity contribution in [3.8, 4) is 11.3 Å². The zero-order chi connectivity index (χ0) is 18.1. The first-order valence-corrected chi connectivity index (χ1v) is 8.92. The fourth-order valence-electron chi connectivity index (χ4n) is 3.81. The maximum Gasteiger partial charge on any atom is 0.224 e. The fourth-order valence-corrected chi connectivity index (χ4v) is 3.81. The molecule has 132 valence electrons. The number of furan rings is 1. The molecule has 3 aromatic rings. The van der Waals surface area contributed by atoms with Gasteiger partial charge in [0.1, 0.15) is 5.76 Å². The van der Waals surface area contributed by atoms with E-state index in [0.29, 0.717) is 0 Å². The third-order valence-corrected chi connectivity index (χ3v) is 4.94. The number of nitrogens with zero attached hydrogens (tertiary/aromatic N) is 1. The number of benzene rings is 2. The van der Waals surface area contributed by atoms with E-state index in [9.17, 15) is 4.79 Å². The van der Waals surface area contributed by atoms with Crippen LogP contribution in [0.5, 0.6) is 0 Å². The van der Waals surface area contributed by atoms with Gasteiger partial charge in [-0.15, -0.1) is 0 Å². The highest BCUT2D eigenvalue weighted by Crippen LogP contribution is 2.41. The molecule has 0 saturated heterocycles. The Hall–Kier alpha value is -3.01. The predicted octanol–water partition coefficient (Wildman–Crippen LogP) is 5.24. The number of anilines is 2. The minimum atomic E-state index is 0.0719. The van der Waals surface area contributed by atoms with E-state index in [4.69, 9.17) is 4.42 Å². The van der Waals surface area contributed by atoms with Crippen LogP contribution in [0, 0.1) is 0 Å². The first-order valence-electron chi connectivity index (χ1n) is 8.92. The lowest BCUT2D eigenvalue weighted by Gasteiger charge is -2.39. The fraction of sp³-hybridized carbons (Fsp3) is 0.227. The highest BCUT2D eigenvalue weighted by molar-refractivity contribution is 5.94. The number of hydrogen-bond acceptors (Lipinski definition) is 3. The number of para-hydroxylation sites is 1. The molecule has 0 fully saturated rings. The Kier molecular flexibility index (Phi) is 4.25. The lowest BCUT2D eigenvalue weighted by Crippen LogP contribution is -2.43. The summed E-state index contributed by atoms with van der Waals surface area (Å²) in [7, 11) is 0. The largest absolute Gasteiger partial charge is 0.464 e. The first kappa shape index (κ1) is 16.5. The molecule has 0 radical (unpaired) electrons. The summed E-state index contributed by atoms with van der Waals surface area (Å²) < 4.78 is 5.56. The average molecular weight is 346 g/mol. The van der Waals surface area contributed by atoms with Crippen molar-refractivity contribution in [1.82, 2.24) is 0 Å². The molecule has 2 aromatic carbocycles. The van der Waals surface area contributed by atoms with E-state index in [-0.39, 0.29) is 18.0 Å². The molecule has 0 saturated carbocycles. The van der Waals surface area contributed by atoms with Crippen LogP contribution in [0.25, 0.3) is 11.3 Å². The minimum absolute atomic E-state index is 0.0719. The zero-order valence-electron chi connectivity index (χ0n) is 15.0. The maximum absolute atomic E-state index is 12.2. The molecule has 0 bridgehead atoms. The molecule has 26 heavy (non-hydrogen) atoms. The van der Waals surface area contributed by atoms with Gasteiger partial charge in [-0.05, 0) is 61.4 Å². The molecule has 4 heteroatoms. The average Bonchev–Trinajstić information content (AvgIpc) is 3.16. The highest BCUT2D eigenvalue weighted by Gasteiger charge is 2.32. The number of nitrogens with one attached hydrogen (secondary N) is 1. The van der Waals surface area contributed by atoms with Crippen LogP contribution in [0.1, 0.15) is 31.9 Å². The van der Waals surface area contributed by atoms with Gasteiger partial charge in [0.15, 0.2) is 0 Å². The first-order chi connectivity index (χ1) is 12.6. The van der Waals surface area contributed by atoms with Crippen LogP contribution in [-0.2, 0) is 4.79 Å². The Balaban J connectivity index is 1.78. The van der Waals surface area contributed by atoms with E-state index in [1.165, 1.54) is 0 Å². The van der Waals surface area contributed by atoms with E-state index < -0.39 is 0 Å². The van der Waals surface area contributed by atoms with Crippen molar-refractivity contribution in [3.05, 3.63) is 72.5 Å². The van der Waals surface area contributed by atoms with E-state index in [1.54, 1.807) is 13.2 Å². The maximum atomic E-state index is 12.2. The van der Waals surface area contributed by atoms with Gasteiger partial charge in [0.05, 0.1) is 12.3 Å². The third kappa shape index (κ3) is 2.99. The van der Waals surface area contributed by atoms with Crippen LogP contribution in [0.3, 0.4) is 0 Å². The standard InChI is InChI=1S/C22H22N2O2/c1-15-13-20(23-18-7-4-3-5-8-18)19-14-17(22-9-6-12-26-22)10-11-21(19)24(15)16(2)25/h3-12,14-15,20,23H,13H2,1-2H3. The van der Waals surface area contributed by atoms with Crippen molar-refractivity contribution < 1.29 is 9.21 Å². The van der Waals surface area contributed by atoms with Crippen LogP contribution < -0.4 is 10.2 Å². The Bertz CT molecular complexity index is 903. The second-order valence-corrected chi connectivity index (χ2v) is 6.79. The Labute approximate surface area is 153 Å². The summed E-state index contributed by atoms with van der Waals surface area (Å²) in [6.07, 6.45) is 2.53. The Morgan fingerprint density at radius 2 is 1.92 bits per heavy atom.